The lowest BCUT2D eigenvalue weighted by atomic mass is 10.4. The Morgan fingerprint density at radius 1 is 1.24 bits per heavy atom. The minimum absolute atomic E-state index is 0.156. The SMILES string of the molecule is Cn1nccc1NS(=O)(=O)c1ccc(Cl)cc1. The predicted molar refractivity (Wildman–Crippen MR) is 65.5 cm³/mol. The Morgan fingerprint density at radius 3 is 2.41 bits per heavy atom. The van der Waals surface area contributed by atoms with Crippen LogP contribution in [0.1, 0.15) is 0 Å². The molecule has 0 atom stereocenters. The molecule has 2 rings (SSSR count). The number of nitrogens with zero attached hydrogens (tertiary/aromatic N) is 2. The second-order valence-electron chi connectivity index (χ2n) is 3.40. The summed E-state index contributed by atoms with van der Waals surface area (Å²) in [4.78, 5) is 0.156. The number of hydrogen-bond donors (Lipinski definition) is 1. The third-order valence-corrected chi connectivity index (χ3v) is 3.81. The first-order valence-corrected chi connectivity index (χ1v) is 6.61. The molecular weight excluding hydrogens is 262 g/mol. The highest BCUT2D eigenvalue weighted by Gasteiger charge is 2.15. The monoisotopic (exact) mass is 271 g/mol. The molecule has 5 nitrogen and oxygen atoms in total. The molecular formula is C10H10ClN3O2S. The lowest BCUT2D eigenvalue weighted by molar-refractivity contribution is 0.600. The molecule has 0 unspecified atom stereocenters. The van der Waals surface area contributed by atoms with E-state index in [0.717, 1.165) is 0 Å². The Kier molecular flexibility index (Phi) is 3.08. The van der Waals surface area contributed by atoms with Crippen LogP contribution in [0.15, 0.2) is 41.4 Å². The van der Waals surface area contributed by atoms with Crippen molar-refractivity contribution in [1.29, 1.82) is 0 Å². The third kappa shape index (κ3) is 2.59. The van der Waals surface area contributed by atoms with Crippen molar-refractivity contribution in [2.75, 3.05) is 4.72 Å². The number of aromatic nitrogens is 2. The Balaban J connectivity index is 2.31. The summed E-state index contributed by atoms with van der Waals surface area (Å²) in [5.41, 5.74) is 0. The first-order chi connectivity index (χ1) is 7.99. The van der Waals surface area contributed by atoms with Crippen molar-refractivity contribution in [3.05, 3.63) is 41.6 Å². The molecule has 0 saturated carbocycles. The lowest BCUT2D eigenvalue weighted by Crippen LogP contribution is -2.15. The van der Waals surface area contributed by atoms with Gasteiger partial charge in [-0.05, 0) is 24.3 Å². The second kappa shape index (κ2) is 4.38. The van der Waals surface area contributed by atoms with Gasteiger partial charge < -0.3 is 0 Å². The maximum Gasteiger partial charge on any atom is 0.263 e. The number of nitrogens with one attached hydrogen (secondary N) is 1. The Hall–Kier alpha value is -1.53. The van der Waals surface area contributed by atoms with Crippen LogP contribution in [0.3, 0.4) is 0 Å². The molecule has 0 saturated heterocycles. The molecule has 1 N–H and O–H groups in total. The molecule has 1 aromatic heterocycles. The van der Waals surface area contributed by atoms with Gasteiger partial charge in [0, 0.05) is 18.1 Å². The maximum atomic E-state index is 12.0. The molecule has 1 aromatic carbocycles. The van der Waals surface area contributed by atoms with Crippen LogP contribution in [-0.4, -0.2) is 18.2 Å². The zero-order valence-corrected chi connectivity index (χ0v) is 10.5. The number of benzene rings is 1. The van der Waals surface area contributed by atoms with Crippen molar-refractivity contribution in [3.8, 4) is 0 Å². The summed E-state index contributed by atoms with van der Waals surface area (Å²) in [7, 11) is -1.94. The van der Waals surface area contributed by atoms with E-state index < -0.39 is 10.0 Å². The average Bonchev–Trinajstić information content (AvgIpc) is 2.64. The van der Waals surface area contributed by atoms with Crippen LogP contribution in [0.5, 0.6) is 0 Å². The molecule has 0 spiro atoms. The minimum Gasteiger partial charge on any atom is -0.264 e. The summed E-state index contributed by atoms with van der Waals surface area (Å²) < 4.78 is 27.8. The van der Waals surface area contributed by atoms with Crippen molar-refractivity contribution in [1.82, 2.24) is 9.78 Å². The van der Waals surface area contributed by atoms with Gasteiger partial charge in [0.25, 0.3) is 10.0 Å². The topological polar surface area (TPSA) is 64.0 Å². The quantitative estimate of drug-likeness (QED) is 0.927. The number of hydrogen-bond acceptors (Lipinski definition) is 3. The number of aryl methyl sites for hydroxylation is 1. The largest absolute Gasteiger partial charge is 0.264 e. The standard InChI is InChI=1S/C10H10ClN3O2S/c1-14-10(6-7-12-14)13-17(15,16)9-4-2-8(11)3-5-9/h2-7,13H,1H3. The van der Waals surface area contributed by atoms with E-state index in [0.29, 0.717) is 10.8 Å². The number of halogens is 1. The van der Waals surface area contributed by atoms with E-state index >= 15 is 0 Å². The van der Waals surface area contributed by atoms with Crippen LogP contribution in [-0.2, 0) is 17.1 Å². The van der Waals surface area contributed by atoms with Crippen LogP contribution in [0, 0.1) is 0 Å². The fourth-order valence-corrected chi connectivity index (χ4v) is 2.50. The first-order valence-electron chi connectivity index (χ1n) is 4.75. The van der Waals surface area contributed by atoms with Crippen molar-refractivity contribution in [2.45, 2.75) is 4.90 Å². The van der Waals surface area contributed by atoms with Crippen LogP contribution in [0.25, 0.3) is 0 Å². The molecule has 0 aliphatic carbocycles. The van der Waals surface area contributed by atoms with Crippen molar-refractivity contribution in [2.24, 2.45) is 7.05 Å². The van der Waals surface area contributed by atoms with Crippen LogP contribution in [0.4, 0.5) is 5.82 Å². The number of anilines is 1. The minimum atomic E-state index is -3.59. The van der Waals surface area contributed by atoms with Gasteiger partial charge in [-0.1, -0.05) is 11.6 Å². The first kappa shape index (κ1) is 11.9. The normalized spacial score (nSPS) is 11.4. The van der Waals surface area contributed by atoms with E-state index in [-0.39, 0.29) is 4.90 Å². The summed E-state index contributed by atoms with van der Waals surface area (Å²) in [6.45, 7) is 0. The Bertz CT molecular complexity index is 619. The summed E-state index contributed by atoms with van der Waals surface area (Å²) in [6.07, 6.45) is 1.51. The third-order valence-electron chi connectivity index (χ3n) is 2.18. The average molecular weight is 272 g/mol. The van der Waals surface area contributed by atoms with E-state index in [2.05, 4.69) is 9.82 Å². The van der Waals surface area contributed by atoms with Gasteiger partial charge in [-0.25, -0.2) is 8.42 Å². The van der Waals surface area contributed by atoms with Crippen molar-refractivity contribution < 1.29 is 8.42 Å². The molecule has 0 radical (unpaired) electrons. The van der Waals surface area contributed by atoms with Gasteiger partial charge in [0.2, 0.25) is 0 Å². The van der Waals surface area contributed by atoms with Gasteiger partial charge in [0.15, 0.2) is 0 Å². The Labute approximate surface area is 104 Å². The smallest absolute Gasteiger partial charge is 0.263 e. The molecule has 90 valence electrons. The highest BCUT2D eigenvalue weighted by Crippen LogP contribution is 2.17. The van der Waals surface area contributed by atoms with Gasteiger partial charge in [-0.2, -0.15) is 5.10 Å². The van der Waals surface area contributed by atoms with E-state index in [1.54, 1.807) is 13.1 Å². The molecule has 0 amide bonds. The van der Waals surface area contributed by atoms with Gasteiger partial charge in [0.05, 0.1) is 11.1 Å². The molecule has 0 aliphatic rings. The van der Waals surface area contributed by atoms with Gasteiger partial charge >= 0.3 is 0 Å². The molecule has 0 bridgehead atoms. The molecule has 1 heterocycles. The predicted octanol–water partition coefficient (Wildman–Crippen LogP) is 1.87. The summed E-state index contributed by atoms with van der Waals surface area (Å²) in [5, 5.41) is 4.37. The van der Waals surface area contributed by atoms with Gasteiger partial charge in [-0.3, -0.25) is 9.40 Å². The Morgan fingerprint density at radius 2 is 1.88 bits per heavy atom. The molecule has 7 heteroatoms. The number of sulfonamides is 1. The fraction of sp³-hybridized carbons (Fsp3) is 0.100. The second-order valence-corrected chi connectivity index (χ2v) is 5.52. The summed E-state index contributed by atoms with van der Waals surface area (Å²) >= 11 is 5.70. The van der Waals surface area contributed by atoms with Gasteiger partial charge in [-0.15, -0.1) is 0 Å². The number of rotatable bonds is 3. The molecule has 17 heavy (non-hydrogen) atoms. The van der Waals surface area contributed by atoms with Crippen LogP contribution >= 0.6 is 11.6 Å². The lowest BCUT2D eigenvalue weighted by Gasteiger charge is -2.07. The zero-order valence-electron chi connectivity index (χ0n) is 8.96. The van der Waals surface area contributed by atoms with E-state index in [9.17, 15) is 8.42 Å². The zero-order chi connectivity index (χ0) is 12.5. The fourth-order valence-electron chi connectivity index (χ4n) is 1.28. The molecule has 0 fully saturated rings. The molecule has 2 aromatic rings. The molecule has 0 aliphatic heterocycles. The van der Waals surface area contributed by atoms with Gasteiger partial charge in [0.1, 0.15) is 5.82 Å². The maximum absolute atomic E-state index is 12.0. The van der Waals surface area contributed by atoms with E-state index in [1.807, 2.05) is 0 Å². The van der Waals surface area contributed by atoms with Crippen LogP contribution < -0.4 is 4.72 Å². The highest BCUT2D eigenvalue weighted by atomic mass is 35.5. The summed E-state index contributed by atoms with van der Waals surface area (Å²) in [5.74, 6) is 0.403. The van der Waals surface area contributed by atoms with E-state index in [4.69, 9.17) is 11.6 Å². The van der Waals surface area contributed by atoms with Crippen LogP contribution in [0.2, 0.25) is 5.02 Å². The van der Waals surface area contributed by atoms with Crippen molar-refractivity contribution in [3.63, 3.8) is 0 Å². The summed E-state index contributed by atoms with van der Waals surface area (Å²) in [6, 6.07) is 7.52. The van der Waals surface area contributed by atoms with E-state index in [1.165, 1.54) is 35.1 Å². The van der Waals surface area contributed by atoms with Crippen molar-refractivity contribution >= 4 is 27.4 Å². The highest BCUT2D eigenvalue weighted by molar-refractivity contribution is 7.92.